The summed E-state index contributed by atoms with van der Waals surface area (Å²) in [6.45, 7) is 4.49. The first kappa shape index (κ1) is 20.3. The van der Waals surface area contributed by atoms with Gasteiger partial charge in [-0.25, -0.2) is 12.4 Å². The standard InChI is InChI=1S/C24H27N3O3S/c1-3-31(29,30)27-22-9-8-18(14-20(22)21-16-25(2)12-11-23(21)27)24(28)26-13-10-17-6-4-5-7-19(17)15-26/h4-9,14H,3,10-13,15-16H2,1-2H3. The van der Waals surface area contributed by atoms with Crippen molar-refractivity contribution in [2.45, 2.75) is 32.9 Å². The summed E-state index contributed by atoms with van der Waals surface area (Å²) >= 11 is 0. The molecule has 0 saturated heterocycles. The van der Waals surface area contributed by atoms with Crippen LogP contribution >= 0.6 is 0 Å². The highest BCUT2D eigenvalue weighted by atomic mass is 32.2. The Bertz CT molecular complexity index is 1290. The number of likely N-dealkylation sites (N-methyl/N-ethyl adjacent to an activating group) is 1. The third-order valence-electron chi connectivity index (χ3n) is 6.60. The van der Waals surface area contributed by atoms with Gasteiger partial charge in [-0.3, -0.25) is 4.79 Å². The first-order valence-corrected chi connectivity index (χ1v) is 12.4. The molecule has 0 saturated carbocycles. The lowest BCUT2D eigenvalue weighted by molar-refractivity contribution is 0.0735. The summed E-state index contributed by atoms with van der Waals surface area (Å²) in [5.41, 5.74) is 5.70. The minimum Gasteiger partial charge on any atom is -0.334 e. The molecule has 2 aromatic carbocycles. The molecule has 1 aromatic heterocycles. The van der Waals surface area contributed by atoms with E-state index in [9.17, 15) is 13.2 Å². The lowest BCUT2D eigenvalue weighted by atomic mass is 9.98. The molecule has 162 valence electrons. The van der Waals surface area contributed by atoms with Crippen molar-refractivity contribution in [3.05, 3.63) is 70.4 Å². The zero-order valence-electron chi connectivity index (χ0n) is 18.0. The molecular weight excluding hydrogens is 410 g/mol. The lowest BCUT2D eigenvalue weighted by Crippen LogP contribution is -2.35. The zero-order chi connectivity index (χ0) is 21.8. The van der Waals surface area contributed by atoms with Crippen molar-refractivity contribution >= 4 is 26.8 Å². The summed E-state index contributed by atoms with van der Waals surface area (Å²) in [6.07, 6.45) is 1.54. The van der Waals surface area contributed by atoms with Gasteiger partial charge in [0.2, 0.25) is 10.0 Å². The van der Waals surface area contributed by atoms with Crippen molar-refractivity contribution in [2.24, 2.45) is 0 Å². The summed E-state index contributed by atoms with van der Waals surface area (Å²) in [4.78, 5) is 17.4. The van der Waals surface area contributed by atoms with Crippen LogP contribution in [0.5, 0.6) is 0 Å². The molecule has 31 heavy (non-hydrogen) atoms. The molecule has 0 aliphatic carbocycles. The van der Waals surface area contributed by atoms with Gasteiger partial charge in [-0.15, -0.1) is 0 Å². The van der Waals surface area contributed by atoms with E-state index in [4.69, 9.17) is 0 Å². The molecule has 0 fully saturated rings. The maximum absolute atomic E-state index is 13.3. The van der Waals surface area contributed by atoms with E-state index in [0.29, 0.717) is 37.1 Å². The van der Waals surface area contributed by atoms with Crippen molar-refractivity contribution in [1.82, 2.24) is 13.8 Å². The third kappa shape index (κ3) is 3.36. The Morgan fingerprint density at radius 3 is 2.55 bits per heavy atom. The number of carbonyl (C=O) groups is 1. The van der Waals surface area contributed by atoms with Gasteiger partial charge < -0.3 is 9.80 Å². The van der Waals surface area contributed by atoms with Crippen molar-refractivity contribution < 1.29 is 13.2 Å². The van der Waals surface area contributed by atoms with E-state index in [2.05, 4.69) is 17.0 Å². The summed E-state index contributed by atoms with van der Waals surface area (Å²) in [5, 5.41) is 0.877. The number of benzene rings is 2. The van der Waals surface area contributed by atoms with E-state index in [1.54, 1.807) is 13.0 Å². The summed E-state index contributed by atoms with van der Waals surface area (Å²) in [6, 6.07) is 13.8. The number of hydrogen-bond acceptors (Lipinski definition) is 4. The monoisotopic (exact) mass is 437 g/mol. The first-order valence-electron chi connectivity index (χ1n) is 10.8. The van der Waals surface area contributed by atoms with Gasteiger partial charge in [0.05, 0.1) is 11.3 Å². The molecule has 0 spiro atoms. The van der Waals surface area contributed by atoms with Crippen LogP contribution in [0.15, 0.2) is 42.5 Å². The molecule has 0 N–H and O–H groups in total. The molecule has 0 atom stereocenters. The maximum Gasteiger partial charge on any atom is 0.254 e. The van der Waals surface area contributed by atoms with Gasteiger partial charge in [0.1, 0.15) is 0 Å². The molecule has 2 aliphatic heterocycles. The highest BCUT2D eigenvalue weighted by Crippen LogP contribution is 2.33. The predicted octanol–water partition coefficient (Wildman–Crippen LogP) is 3.03. The van der Waals surface area contributed by atoms with Gasteiger partial charge in [0.15, 0.2) is 0 Å². The fourth-order valence-electron chi connectivity index (χ4n) is 4.88. The van der Waals surface area contributed by atoms with Crippen LogP contribution in [0.1, 0.15) is 39.7 Å². The number of nitrogens with zero attached hydrogens (tertiary/aromatic N) is 3. The van der Waals surface area contributed by atoms with E-state index in [-0.39, 0.29) is 11.7 Å². The van der Waals surface area contributed by atoms with Crippen molar-refractivity contribution in [3.63, 3.8) is 0 Å². The molecule has 0 unspecified atom stereocenters. The van der Waals surface area contributed by atoms with Crippen molar-refractivity contribution in [2.75, 3.05) is 25.9 Å². The minimum absolute atomic E-state index is 0.000385. The summed E-state index contributed by atoms with van der Waals surface area (Å²) < 4.78 is 27.3. The highest BCUT2D eigenvalue weighted by molar-refractivity contribution is 7.90. The fourth-order valence-corrected chi connectivity index (χ4v) is 6.14. The summed E-state index contributed by atoms with van der Waals surface area (Å²) in [5.74, 6) is 0.0489. The quantitative estimate of drug-likeness (QED) is 0.632. The van der Waals surface area contributed by atoms with E-state index < -0.39 is 10.0 Å². The Morgan fingerprint density at radius 1 is 1.00 bits per heavy atom. The Hall–Kier alpha value is -2.64. The Balaban J connectivity index is 1.58. The van der Waals surface area contributed by atoms with Crippen LogP contribution in [-0.2, 0) is 36.0 Å². The van der Waals surface area contributed by atoms with Crippen LogP contribution in [-0.4, -0.2) is 54.0 Å². The molecular formula is C24H27N3O3S. The number of hydrogen-bond donors (Lipinski definition) is 0. The zero-order valence-corrected chi connectivity index (χ0v) is 18.8. The Kier molecular flexibility index (Phi) is 4.90. The van der Waals surface area contributed by atoms with Crippen molar-refractivity contribution in [3.8, 4) is 0 Å². The topological polar surface area (TPSA) is 62.6 Å². The Labute approximate surface area is 183 Å². The molecule has 5 rings (SSSR count). The number of amides is 1. The molecule has 3 aromatic rings. The number of carbonyl (C=O) groups excluding carboxylic acids is 1. The maximum atomic E-state index is 13.3. The van der Waals surface area contributed by atoms with Crippen LogP contribution in [0.4, 0.5) is 0 Å². The largest absolute Gasteiger partial charge is 0.334 e. The second-order valence-corrected chi connectivity index (χ2v) is 10.7. The molecule has 7 heteroatoms. The van der Waals surface area contributed by atoms with Gasteiger partial charge in [0, 0.05) is 49.2 Å². The molecule has 0 radical (unpaired) electrons. The number of fused-ring (bicyclic) bond motifs is 4. The van der Waals surface area contributed by atoms with Crippen molar-refractivity contribution in [1.29, 1.82) is 0 Å². The van der Waals surface area contributed by atoms with E-state index in [0.717, 1.165) is 29.6 Å². The van der Waals surface area contributed by atoms with Crippen LogP contribution in [0.3, 0.4) is 0 Å². The molecule has 6 nitrogen and oxygen atoms in total. The normalized spacial score (nSPS) is 16.9. The van der Waals surface area contributed by atoms with Gasteiger partial charge in [0.25, 0.3) is 5.91 Å². The second-order valence-electron chi connectivity index (χ2n) is 8.56. The minimum atomic E-state index is -3.42. The van der Waals surface area contributed by atoms with E-state index >= 15 is 0 Å². The lowest BCUT2D eigenvalue weighted by Gasteiger charge is -2.29. The van der Waals surface area contributed by atoms with Crippen LogP contribution in [0.2, 0.25) is 0 Å². The van der Waals surface area contributed by atoms with Gasteiger partial charge in [-0.05, 0) is 55.3 Å². The number of aromatic nitrogens is 1. The van der Waals surface area contributed by atoms with Crippen LogP contribution in [0.25, 0.3) is 10.9 Å². The molecule has 3 heterocycles. The predicted molar refractivity (Wildman–Crippen MR) is 122 cm³/mol. The van der Waals surface area contributed by atoms with Gasteiger partial charge in [-0.1, -0.05) is 24.3 Å². The van der Waals surface area contributed by atoms with Gasteiger partial charge >= 0.3 is 0 Å². The average Bonchev–Trinajstić information content (AvgIpc) is 3.12. The van der Waals surface area contributed by atoms with Crippen LogP contribution in [0, 0.1) is 0 Å². The Morgan fingerprint density at radius 2 is 1.77 bits per heavy atom. The van der Waals surface area contributed by atoms with E-state index in [1.165, 1.54) is 15.1 Å². The highest BCUT2D eigenvalue weighted by Gasteiger charge is 2.29. The molecule has 0 bridgehead atoms. The fraction of sp³-hybridized carbons (Fsp3) is 0.375. The third-order valence-corrected chi connectivity index (χ3v) is 8.30. The molecule has 2 aliphatic rings. The van der Waals surface area contributed by atoms with Gasteiger partial charge in [-0.2, -0.15) is 0 Å². The molecule has 1 amide bonds. The summed E-state index contributed by atoms with van der Waals surface area (Å²) in [7, 11) is -1.38. The second kappa shape index (κ2) is 7.50. The van der Waals surface area contributed by atoms with E-state index in [1.807, 2.05) is 36.2 Å². The van der Waals surface area contributed by atoms with Crippen LogP contribution < -0.4 is 0 Å². The SMILES string of the molecule is CCS(=O)(=O)n1c2c(c3cc(C(=O)N4CCc5ccccc5C4)ccc31)CN(C)CC2. The number of rotatable bonds is 3. The smallest absolute Gasteiger partial charge is 0.254 e. The first-order chi connectivity index (χ1) is 14.9. The average molecular weight is 438 g/mol.